The highest BCUT2D eigenvalue weighted by atomic mass is 16.2. The number of rotatable bonds is 5. The van der Waals surface area contributed by atoms with Gasteiger partial charge in [-0.15, -0.1) is 6.58 Å². The fraction of sp³-hybridized carbons (Fsp3) is 0.412. The van der Waals surface area contributed by atoms with Gasteiger partial charge >= 0.3 is 0 Å². The van der Waals surface area contributed by atoms with Crippen molar-refractivity contribution in [1.82, 2.24) is 0 Å². The van der Waals surface area contributed by atoms with Gasteiger partial charge in [-0.05, 0) is 17.0 Å². The molecular formula is C17H23NO2. The average Bonchev–Trinajstić information content (AvgIpc) is 2.42. The third-order valence-electron chi connectivity index (χ3n) is 3.12. The fourth-order valence-corrected chi connectivity index (χ4v) is 2.06. The van der Waals surface area contributed by atoms with E-state index in [0.29, 0.717) is 6.54 Å². The maximum atomic E-state index is 12.3. The van der Waals surface area contributed by atoms with Crippen LogP contribution in [0.2, 0.25) is 0 Å². The quantitative estimate of drug-likeness (QED) is 0.608. The van der Waals surface area contributed by atoms with Gasteiger partial charge < -0.3 is 4.90 Å². The van der Waals surface area contributed by atoms with Crippen LogP contribution in [0.25, 0.3) is 0 Å². The van der Waals surface area contributed by atoms with Gasteiger partial charge in [-0.2, -0.15) is 0 Å². The lowest BCUT2D eigenvalue weighted by Crippen LogP contribution is -2.38. The van der Waals surface area contributed by atoms with Gasteiger partial charge in [0.1, 0.15) is 0 Å². The molecule has 0 aliphatic carbocycles. The first kappa shape index (κ1) is 16.2. The van der Waals surface area contributed by atoms with Gasteiger partial charge in [-0.3, -0.25) is 9.59 Å². The topological polar surface area (TPSA) is 37.4 Å². The molecule has 108 valence electrons. The molecule has 0 bridgehead atoms. The molecule has 20 heavy (non-hydrogen) atoms. The van der Waals surface area contributed by atoms with E-state index in [1.54, 1.807) is 13.0 Å². The number of benzene rings is 1. The molecule has 3 nitrogen and oxygen atoms in total. The van der Waals surface area contributed by atoms with Gasteiger partial charge in [-0.25, -0.2) is 0 Å². The van der Waals surface area contributed by atoms with Gasteiger partial charge in [0.15, 0.2) is 0 Å². The summed E-state index contributed by atoms with van der Waals surface area (Å²) in [7, 11) is 0. The molecule has 0 spiro atoms. The molecule has 1 aromatic rings. The van der Waals surface area contributed by atoms with E-state index in [1.807, 2.05) is 24.3 Å². The third kappa shape index (κ3) is 3.56. The lowest BCUT2D eigenvalue weighted by molar-refractivity contribution is -0.136. The summed E-state index contributed by atoms with van der Waals surface area (Å²) in [5.41, 5.74) is 1.72. The summed E-state index contributed by atoms with van der Waals surface area (Å²) >= 11 is 0. The number of amides is 1. The van der Waals surface area contributed by atoms with Crippen LogP contribution >= 0.6 is 0 Å². The number of carbonyl (C=O) groups is 2. The van der Waals surface area contributed by atoms with Crippen LogP contribution in [-0.2, 0) is 15.0 Å². The first-order valence-electron chi connectivity index (χ1n) is 6.88. The second kappa shape index (κ2) is 6.51. The second-order valence-electron chi connectivity index (χ2n) is 5.75. The SMILES string of the molecule is C=CCN(C(=O)C(=O)CC)c1ccccc1C(C)(C)C. The van der Waals surface area contributed by atoms with Crippen molar-refractivity contribution < 1.29 is 9.59 Å². The summed E-state index contributed by atoms with van der Waals surface area (Å²) in [6.07, 6.45) is 1.85. The van der Waals surface area contributed by atoms with E-state index in [4.69, 9.17) is 0 Å². The monoisotopic (exact) mass is 273 g/mol. The molecule has 0 atom stereocenters. The summed E-state index contributed by atoms with van der Waals surface area (Å²) in [5.74, 6) is -0.848. The number of nitrogens with zero attached hydrogens (tertiary/aromatic N) is 1. The molecule has 1 rings (SSSR count). The van der Waals surface area contributed by atoms with Gasteiger partial charge in [-0.1, -0.05) is 52.0 Å². The van der Waals surface area contributed by atoms with Crippen LogP contribution in [-0.4, -0.2) is 18.2 Å². The Morgan fingerprint density at radius 2 is 1.85 bits per heavy atom. The van der Waals surface area contributed by atoms with Crippen molar-refractivity contribution in [3.05, 3.63) is 42.5 Å². The molecule has 1 aromatic carbocycles. The van der Waals surface area contributed by atoms with E-state index in [9.17, 15) is 9.59 Å². The predicted octanol–water partition coefficient (Wildman–Crippen LogP) is 3.48. The van der Waals surface area contributed by atoms with Crippen molar-refractivity contribution in [1.29, 1.82) is 0 Å². The standard InChI is InChI=1S/C17H23NO2/c1-6-12-18(16(20)15(19)7-2)14-11-9-8-10-13(14)17(3,4)5/h6,8-11H,1,7,12H2,2-5H3. The Morgan fingerprint density at radius 3 is 2.35 bits per heavy atom. The highest BCUT2D eigenvalue weighted by molar-refractivity contribution is 6.41. The van der Waals surface area contributed by atoms with Crippen LogP contribution in [0, 0.1) is 0 Å². The Morgan fingerprint density at radius 1 is 1.25 bits per heavy atom. The molecule has 0 fully saturated rings. The maximum Gasteiger partial charge on any atom is 0.294 e. The highest BCUT2D eigenvalue weighted by Crippen LogP contribution is 2.32. The molecule has 1 amide bonds. The van der Waals surface area contributed by atoms with E-state index >= 15 is 0 Å². The molecule has 0 aliphatic rings. The first-order valence-corrected chi connectivity index (χ1v) is 6.88. The van der Waals surface area contributed by atoms with Crippen LogP contribution in [0.3, 0.4) is 0 Å². The normalized spacial score (nSPS) is 11.0. The Hall–Kier alpha value is -1.90. The number of carbonyl (C=O) groups excluding carboxylic acids is 2. The van der Waals surface area contributed by atoms with Crippen LogP contribution in [0.4, 0.5) is 5.69 Å². The van der Waals surface area contributed by atoms with Crippen molar-refractivity contribution in [3.8, 4) is 0 Å². The van der Waals surface area contributed by atoms with Gasteiger partial charge in [0.2, 0.25) is 5.78 Å². The van der Waals surface area contributed by atoms with Gasteiger partial charge in [0, 0.05) is 18.7 Å². The summed E-state index contributed by atoms with van der Waals surface area (Å²) in [5, 5.41) is 0. The zero-order valence-corrected chi connectivity index (χ0v) is 12.8. The minimum absolute atomic E-state index is 0.106. The summed E-state index contributed by atoms with van der Waals surface area (Å²) in [6.45, 7) is 12.0. The largest absolute Gasteiger partial charge is 0.302 e. The van der Waals surface area contributed by atoms with Crippen molar-refractivity contribution in [3.63, 3.8) is 0 Å². The molecule has 0 heterocycles. The number of Topliss-reactive ketones (excluding diaryl/α,β-unsaturated/α-hetero) is 1. The van der Waals surface area contributed by atoms with Crippen molar-refractivity contribution in [2.45, 2.75) is 39.5 Å². The Bertz CT molecular complexity index is 512. The fourth-order valence-electron chi connectivity index (χ4n) is 2.06. The van der Waals surface area contributed by atoms with Gasteiger partial charge in [0.05, 0.1) is 0 Å². The van der Waals surface area contributed by atoms with Crippen LogP contribution in [0.5, 0.6) is 0 Å². The zero-order valence-electron chi connectivity index (χ0n) is 12.8. The summed E-state index contributed by atoms with van der Waals surface area (Å²) < 4.78 is 0. The van der Waals surface area contributed by atoms with Crippen molar-refractivity contribution >= 4 is 17.4 Å². The Labute approximate surface area is 121 Å². The van der Waals surface area contributed by atoms with Crippen LogP contribution in [0.1, 0.15) is 39.7 Å². The molecular weight excluding hydrogens is 250 g/mol. The maximum absolute atomic E-state index is 12.3. The van der Waals surface area contributed by atoms with E-state index < -0.39 is 5.91 Å². The van der Waals surface area contributed by atoms with Gasteiger partial charge in [0.25, 0.3) is 5.91 Å². The average molecular weight is 273 g/mol. The molecule has 0 aliphatic heterocycles. The summed E-state index contributed by atoms with van der Waals surface area (Å²) in [4.78, 5) is 25.5. The molecule has 0 saturated carbocycles. The smallest absolute Gasteiger partial charge is 0.294 e. The Balaban J connectivity index is 3.33. The number of para-hydroxylation sites is 1. The van der Waals surface area contributed by atoms with E-state index in [-0.39, 0.29) is 17.6 Å². The summed E-state index contributed by atoms with van der Waals surface area (Å²) in [6, 6.07) is 7.70. The molecule has 0 unspecified atom stereocenters. The minimum Gasteiger partial charge on any atom is -0.302 e. The number of hydrogen-bond acceptors (Lipinski definition) is 2. The van der Waals surface area contributed by atoms with Crippen LogP contribution in [0.15, 0.2) is 36.9 Å². The molecule has 0 N–H and O–H groups in total. The zero-order chi connectivity index (χ0) is 15.3. The highest BCUT2D eigenvalue weighted by Gasteiger charge is 2.26. The Kier molecular flexibility index (Phi) is 5.26. The molecule has 0 saturated heterocycles. The first-order chi connectivity index (χ1) is 9.32. The number of hydrogen-bond donors (Lipinski definition) is 0. The molecule has 0 aromatic heterocycles. The lowest BCUT2D eigenvalue weighted by atomic mass is 9.85. The molecule has 3 heteroatoms. The number of ketones is 1. The predicted molar refractivity (Wildman–Crippen MR) is 83.0 cm³/mol. The van der Waals surface area contributed by atoms with Crippen molar-refractivity contribution in [2.24, 2.45) is 0 Å². The van der Waals surface area contributed by atoms with E-state index in [1.165, 1.54) is 4.90 Å². The molecule has 0 radical (unpaired) electrons. The van der Waals surface area contributed by atoms with Crippen molar-refractivity contribution in [2.75, 3.05) is 11.4 Å². The minimum atomic E-state index is -0.468. The second-order valence-corrected chi connectivity index (χ2v) is 5.75. The van der Waals surface area contributed by atoms with E-state index in [2.05, 4.69) is 27.4 Å². The van der Waals surface area contributed by atoms with E-state index in [0.717, 1.165) is 11.3 Å². The third-order valence-corrected chi connectivity index (χ3v) is 3.12. The lowest BCUT2D eigenvalue weighted by Gasteiger charge is -2.29. The van der Waals surface area contributed by atoms with Crippen LogP contribution < -0.4 is 4.90 Å². The number of anilines is 1.